The Morgan fingerprint density at radius 3 is 1.23 bits per heavy atom. The predicted molar refractivity (Wildman–Crippen MR) is 170 cm³/mol. The van der Waals surface area contributed by atoms with Gasteiger partial charge in [0.05, 0.1) is 12.6 Å². The number of rotatable bonds is 27. The Kier molecular flexibility index (Phi) is 44.2. The van der Waals surface area contributed by atoms with Crippen molar-refractivity contribution >= 4 is 5.97 Å². The lowest BCUT2D eigenvalue weighted by Crippen LogP contribution is -2.28. The third kappa shape index (κ3) is 44.3. The zero-order chi connectivity index (χ0) is 30.5. The molecule has 0 radical (unpaired) electrons. The first-order valence-corrected chi connectivity index (χ1v) is 16.6. The molecule has 3 N–H and O–H groups in total. The summed E-state index contributed by atoms with van der Waals surface area (Å²) < 4.78 is 9.94. The number of unbranched alkanes of at least 4 members (excludes halogenated alkanes) is 18. The highest BCUT2D eigenvalue weighted by molar-refractivity contribution is 5.71. The van der Waals surface area contributed by atoms with Crippen LogP contribution >= 0.6 is 0 Å². The van der Waals surface area contributed by atoms with Crippen molar-refractivity contribution in [1.82, 2.24) is 4.90 Å². The van der Waals surface area contributed by atoms with E-state index < -0.39 is 0 Å². The Morgan fingerprint density at radius 1 is 0.600 bits per heavy atom. The van der Waals surface area contributed by atoms with E-state index >= 15 is 0 Å². The van der Waals surface area contributed by atoms with E-state index in [1.54, 1.807) is 19.0 Å². The molecule has 0 fully saturated rings. The molecule has 244 valence electrons. The average Bonchev–Trinajstić information content (AvgIpc) is 2.94. The van der Waals surface area contributed by atoms with Crippen LogP contribution in [0.15, 0.2) is 0 Å². The van der Waals surface area contributed by atoms with Gasteiger partial charge in [-0.15, -0.1) is 0 Å². The molecule has 0 aromatic heterocycles. The molecule has 7 heteroatoms. The van der Waals surface area contributed by atoms with Crippen molar-refractivity contribution in [3.05, 3.63) is 0 Å². The van der Waals surface area contributed by atoms with E-state index in [1.165, 1.54) is 123 Å². The van der Waals surface area contributed by atoms with Gasteiger partial charge in [0, 0.05) is 26.9 Å². The highest BCUT2D eigenvalue weighted by atomic mass is 16.6. The number of nitrogens with zero attached hydrogens (tertiary/aromatic N) is 1. The molecule has 0 aliphatic carbocycles. The van der Waals surface area contributed by atoms with Gasteiger partial charge in [0.2, 0.25) is 0 Å². The fourth-order valence-electron chi connectivity index (χ4n) is 4.10. The second-order valence-electron chi connectivity index (χ2n) is 11.1. The fraction of sp³-hybridized carbons (Fsp3) is 0.970. The monoisotopic (exact) mass is 578 g/mol. The molecule has 0 spiro atoms. The van der Waals surface area contributed by atoms with Crippen LogP contribution < -0.4 is 0 Å². The van der Waals surface area contributed by atoms with Gasteiger partial charge in [0.1, 0.15) is 6.61 Å². The van der Waals surface area contributed by atoms with Gasteiger partial charge in [-0.25, -0.2) is 0 Å². The van der Waals surface area contributed by atoms with Crippen LogP contribution in [0.25, 0.3) is 0 Å². The van der Waals surface area contributed by atoms with Crippen molar-refractivity contribution in [1.29, 1.82) is 0 Å². The summed E-state index contributed by atoms with van der Waals surface area (Å²) in [5, 5.41) is 25.8. The van der Waals surface area contributed by atoms with Crippen LogP contribution in [0.5, 0.6) is 0 Å². The number of aliphatic hydroxyl groups is 3. The molecule has 40 heavy (non-hydrogen) atoms. The number of methoxy groups -OCH3 is 1. The average molecular weight is 578 g/mol. The summed E-state index contributed by atoms with van der Waals surface area (Å²) in [4.78, 5) is 12.8. The topological polar surface area (TPSA) is 99.5 Å². The molecular weight excluding hydrogens is 506 g/mol. The van der Waals surface area contributed by atoms with Crippen LogP contribution in [0.1, 0.15) is 149 Å². The standard InChI is InChI=1S/2C12H26O.C9H19NO4/c2*1-2-3-4-5-6-7-8-9-10-11-12-13;1-10(2)6-9(12)14-7-8(13-3)4-5-11/h2*13H,2-12H2,1H3;8,11H,4-7H2,1-3H3. The highest BCUT2D eigenvalue weighted by Crippen LogP contribution is 2.11. The van der Waals surface area contributed by atoms with E-state index in [-0.39, 0.29) is 31.8 Å². The third-order valence-electron chi connectivity index (χ3n) is 6.68. The minimum atomic E-state index is -0.282. The predicted octanol–water partition coefficient (Wildman–Crippen LogP) is 7.29. The maximum Gasteiger partial charge on any atom is 0.320 e. The Labute approximate surface area is 249 Å². The van der Waals surface area contributed by atoms with Gasteiger partial charge in [-0.05, 0) is 33.4 Å². The van der Waals surface area contributed by atoms with Crippen LogP contribution in [-0.2, 0) is 14.3 Å². The normalized spacial score (nSPS) is 11.4. The maximum absolute atomic E-state index is 11.1. The van der Waals surface area contributed by atoms with Crippen LogP contribution in [0, 0.1) is 0 Å². The van der Waals surface area contributed by atoms with Crippen molar-refractivity contribution in [2.24, 2.45) is 0 Å². The highest BCUT2D eigenvalue weighted by Gasteiger charge is 2.10. The molecule has 0 heterocycles. The van der Waals surface area contributed by atoms with Gasteiger partial charge in [-0.3, -0.25) is 9.69 Å². The van der Waals surface area contributed by atoms with Gasteiger partial charge in [-0.2, -0.15) is 0 Å². The van der Waals surface area contributed by atoms with E-state index in [9.17, 15) is 4.79 Å². The number of hydrogen-bond acceptors (Lipinski definition) is 7. The molecule has 1 unspecified atom stereocenters. The van der Waals surface area contributed by atoms with E-state index in [0.29, 0.717) is 19.6 Å². The second kappa shape index (κ2) is 40.4. The van der Waals surface area contributed by atoms with E-state index in [4.69, 9.17) is 24.8 Å². The largest absolute Gasteiger partial charge is 0.462 e. The summed E-state index contributed by atoms with van der Waals surface area (Å²) in [5.41, 5.74) is 0. The molecule has 0 aliphatic rings. The summed E-state index contributed by atoms with van der Waals surface area (Å²) >= 11 is 0. The smallest absolute Gasteiger partial charge is 0.320 e. The Hall–Kier alpha value is -0.730. The van der Waals surface area contributed by atoms with Crippen LogP contribution in [0.4, 0.5) is 0 Å². The second-order valence-corrected chi connectivity index (χ2v) is 11.1. The lowest BCUT2D eigenvalue weighted by molar-refractivity contribution is -0.148. The number of carbonyl (C=O) groups excluding carboxylic acids is 1. The molecule has 1 atom stereocenters. The minimum absolute atomic E-state index is 0.0315. The number of aliphatic hydroxyl groups excluding tert-OH is 3. The molecular formula is C33H71NO6. The minimum Gasteiger partial charge on any atom is -0.462 e. The number of likely N-dealkylation sites (N-methyl/N-ethyl adjacent to an activating group) is 1. The molecule has 0 amide bonds. The molecule has 0 saturated carbocycles. The zero-order valence-electron chi connectivity index (χ0n) is 27.5. The van der Waals surface area contributed by atoms with Gasteiger partial charge in [-0.1, -0.05) is 129 Å². The molecule has 0 rings (SSSR count). The number of ether oxygens (including phenoxy) is 2. The Balaban J connectivity index is -0.000000514. The molecule has 0 saturated heterocycles. The maximum atomic E-state index is 11.1. The fourth-order valence-corrected chi connectivity index (χ4v) is 4.10. The molecule has 7 nitrogen and oxygen atoms in total. The van der Waals surface area contributed by atoms with Gasteiger partial charge >= 0.3 is 5.97 Å². The van der Waals surface area contributed by atoms with Crippen molar-refractivity contribution in [2.45, 2.75) is 155 Å². The number of carbonyl (C=O) groups is 1. The molecule has 0 aliphatic heterocycles. The van der Waals surface area contributed by atoms with E-state index in [2.05, 4.69) is 13.8 Å². The SMILES string of the molecule is CCCCCCCCCCCCO.CCCCCCCCCCCCO.COC(CCO)COC(=O)CN(C)C. The van der Waals surface area contributed by atoms with Gasteiger partial charge in [0.25, 0.3) is 0 Å². The van der Waals surface area contributed by atoms with Crippen LogP contribution in [0.2, 0.25) is 0 Å². The van der Waals surface area contributed by atoms with Crippen molar-refractivity contribution in [2.75, 3.05) is 54.2 Å². The summed E-state index contributed by atoms with van der Waals surface area (Å²) in [6, 6.07) is 0. The first kappa shape index (κ1) is 43.7. The lowest BCUT2D eigenvalue weighted by Gasteiger charge is -2.15. The summed E-state index contributed by atoms with van der Waals surface area (Å²) in [6.07, 6.45) is 26.9. The van der Waals surface area contributed by atoms with Crippen molar-refractivity contribution in [3.63, 3.8) is 0 Å². The molecule has 0 aromatic rings. The first-order valence-electron chi connectivity index (χ1n) is 16.6. The van der Waals surface area contributed by atoms with Gasteiger partial charge < -0.3 is 24.8 Å². The summed E-state index contributed by atoms with van der Waals surface area (Å²) in [6.45, 7) is 5.75. The zero-order valence-corrected chi connectivity index (χ0v) is 27.5. The lowest BCUT2D eigenvalue weighted by atomic mass is 10.1. The Bertz CT molecular complexity index is 409. The molecule has 0 aromatic carbocycles. The first-order chi connectivity index (χ1) is 19.4. The number of hydrogen-bond donors (Lipinski definition) is 3. The number of esters is 1. The van der Waals surface area contributed by atoms with Crippen LogP contribution in [0.3, 0.4) is 0 Å². The summed E-state index contributed by atoms with van der Waals surface area (Å²) in [7, 11) is 5.12. The van der Waals surface area contributed by atoms with E-state index in [1.807, 2.05) is 0 Å². The summed E-state index contributed by atoms with van der Waals surface area (Å²) in [5.74, 6) is -0.282. The van der Waals surface area contributed by atoms with Crippen molar-refractivity contribution < 1.29 is 29.6 Å². The molecule has 0 bridgehead atoms. The van der Waals surface area contributed by atoms with Crippen molar-refractivity contribution in [3.8, 4) is 0 Å². The van der Waals surface area contributed by atoms with Gasteiger partial charge in [0.15, 0.2) is 0 Å². The Morgan fingerprint density at radius 2 is 0.950 bits per heavy atom. The quantitative estimate of drug-likeness (QED) is 0.0696. The third-order valence-corrected chi connectivity index (χ3v) is 6.68. The van der Waals surface area contributed by atoms with Crippen LogP contribution in [-0.4, -0.2) is 86.5 Å². The van der Waals surface area contributed by atoms with E-state index in [0.717, 1.165) is 12.8 Å².